The Morgan fingerprint density at radius 2 is 2.33 bits per heavy atom. The van der Waals surface area contributed by atoms with Crippen molar-refractivity contribution in [3.05, 3.63) is 11.7 Å². The fraction of sp³-hybridized carbons (Fsp3) is 0.750. The second-order valence-electron chi connectivity index (χ2n) is 5.06. The lowest BCUT2D eigenvalue weighted by molar-refractivity contribution is -0.124. The standard InChI is InChI=1S/C12H20N4O2/c1-9-15-10(16-18-9)3-6-14-11(17)7-12(8-13)4-2-5-12/h2-8,13H2,1H3,(H,14,17). The third kappa shape index (κ3) is 3.07. The van der Waals surface area contributed by atoms with Crippen LogP contribution in [0.1, 0.15) is 37.4 Å². The number of carbonyl (C=O) groups is 1. The maximum atomic E-state index is 11.8. The van der Waals surface area contributed by atoms with Crippen molar-refractivity contribution in [2.75, 3.05) is 13.1 Å². The Balaban J connectivity index is 1.69. The fourth-order valence-electron chi connectivity index (χ4n) is 2.29. The van der Waals surface area contributed by atoms with Gasteiger partial charge in [0.2, 0.25) is 11.8 Å². The van der Waals surface area contributed by atoms with Crippen molar-refractivity contribution in [3.63, 3.8) is 0 Å². The molecule has 2 rings (SSSR count). The van der Waals surface area contributed by atoms with Gasteiger partial charge in [0.1, 0.15) is 0 Å². The van der Waals surface area contributed by atoms with E-state index in [9.17, 15) is 4.79 Å². The van der Waals surface area contributed by atoms with Gasteiger partial charge in [-0.15, -0.1) is 0 Å². The molecule has 1 amide bonds. The van der Waals surface area contributed by atoms with E-state index in [1.165, 1.54) is 6.42 Å². The van der Waals surface area contributed by atoms with E-state index in [1.807, 2.05) is 0 Å². The molecule has 0 saturated heterocycles. The Labute approximate surface area is 106 Å². The molecule has 0 unspecified atom stereocenters. The van der Waals surface area contributed by atoms with Gasteiger partial charge in [-0.05, 0) is 24.8 Å². The largest absolute Gasteiger partial charge is 0.356 e. The maximum Gasteiger partial charge on any atom is 0.223 e. The molecule has 0 spiro atoms. The number of hydrogen-bond donors (Lipinski definition) is 2. The average molecular weight is 252 g/mol. The van der Waals surface area contributed by atoms with E-state index in [0.29, 0.717) is 37.6 Å². The van der Waals surface area contributed by atoms with Gasteiger partial charge in [-0.25, -0.2) is 0 Å². The number of nitrogens with two attached hydrogens (primary N) is 1. The molecule has 0 aromatic carbocycles. The minimum Gasteiger partial charge on any atom is -0.356 e. The van der Waals surface area contributed by atoms with Gasteiger partial charge in [-0.3, -0.25) is 4.79 Å². The van der Waals surface area contributed by atoms with Crippen molar-refractivity contribution in [3.8, 4) is 0 Å². The molecule has 1 heterocycles. The molecule has 0 atom stereocenters. The minimum absolute atomic E-state index is 0.0623. The summed E-state index contributed by atoms with van der Waals surface area (Å²) >= 11 is 0. The molecule has 1 aromatic rings. The Hall–Kier alpha value is -1.43. The SMILES string of the molecule is Cc1nc(CCNC(=O)CC2(CN)CCC2)no1. The van der Waals surface area contributed by atoms with Crippen LogP contribution in [0.4, 0.5) is 0 Å². The van der Waals surface area contributed by atoms with E-state index in [1.54, 1.807) is 6.92 Å². The van der Waals surface area contributed by atoms with Crippen LogP contribution in [0.2, 0.25) is 0 Å². The zero-order valence-corrected chi connectivity index (χ0v) is 10.7. The molecule has 0 aliphatic heterocycles. The molecule has 1 aliphatic carbocycles. The van der Waals surface area contributed by atoms with Crippen molar-refractivity contribution in [1.29, 1.82) is 0 Å². The van der Waals surface area contributed by atoms with Gasteiger partial charge in [0.15, 0.2) is 5.82 Å². The molecule has 0 bridgehead atoms. The van der Waals surface area contributed by atoms with Crippen molar-refractivity contribution in [2.24, 2.45) is 11.1 Å². The molecule has 3 N–H and O–H groups in total. The first-order chi connectivity index (χ1) is 8.63. The lowest BCUT2D eigenvalue weighted by Crippen LogP contribution is -2.42. The molecule has 100 valence electrons. The highest BCUT2D eigenvalue weighted by molar-refractivity contribution is 5.76. The monoisotopic (exact) mass is 252 g/mol. The van der Waals surface area contributed by atoms with Gasteiger partial charge < -0.3 is 15.6 Å². The molecule has 6 nitrogen and oxygen atoms in total. The lowest BCUT2D eigenvalue weighted by atomic mass is 9.66. The smallest absolute Gasteiger partial charge is 0.223 e. The zero-order chi connectivity index (χ0) is 13.0. The highest BCUT2D eigenvalue weighted by Crippen LogP contribution is 2.42. The Morgan fingerprint density at radius 1 is 1.56 bits per heavy atom. The normalized spacial score (nSPS) is 17.2. The van der Waals surface area contributed by atoms with Crippen LogP contribution in [0.15, 0.2) is 4.52 Å². The van der Waals surface area contributed by atoms with Crippen LogP contribution in [0.3, 0.4) is 0 Å². The van der Waals surface area contributed by atoms with Crippen molar-refractivity contribution < 1.29 is 9.32 Å². The number of aromatic nitrogens is 2. The summed E-state index contributed by atoms with van der Waals surface area (Å²) in [4.78, 5) is 15.9. The number of rotatable bonds is 6. The summed E-state index contributed by atoms with van der Waals surface area (Å²) in [6.45, 7) is 2.89. The summed E-state index contributed by atoms with van der Waals surface area (Å²) in [6, 6.07) is 0. The van der Waals surface area contributed by atoms with E-state index < -0.39 is 0 Å². The van der Waals surface area contributed by atoms with E-state index in [-0.39, 0.29) is 11.3 Å². The first-order valence-corrected chi connectivity index (χ1v) is 6.39. The molecule has 1 aromatic heterocycles. The first-order valence-electron chi connectivity index (χ1n) is 6.39. The number of nitrogens with zero attached hydrogens (tertiary/aromatic N) is 2. The van der Waals surface area contributed by atoms with Gasteiger partial charge in [-0.2, -0.15) is 4.98 Å². The quantitative estimate of drug-likeness (QED) is 0.771. The second kappa shape index (κ2) is 5.48. The molecule has 18 heavy (non-hydrogen) atoms. The Morgan fingerprint density at radius 3 is 2.83 bits per heavy atom. The van der Waals surface area contributed by atoms with E-state index >= 15 is 0 Å². The van der Waals surface area contributed by atoms with Crippen LogP contribution in [0.5, 0.6) is 0 Å². The number of amides is 1. The Bertz CT molecular complexity index is 406. The third-order valence-corrected chi connectivity index (χ3v) is 3.62. The molecule has 1 saturated carbocycles. The van der Waals surface area contributed by atoms with Gasteiger partial charge in [-0.1, -0.05) is 11.6 Å². The van der Waals surface area contributed by atoms with Gasteiger partial charge >= 0.3 is 0 Å². The van der Waals surface area contributed by atoms with E-state index in [4.69, 9.17) is 10.3 Å². The van der Waals surface area contributed by atoms with Crippen molar-refractivity contribution in [1.82, 2.24) is 15.5 Å². The van der Waals surface area contributed by atoms with Crippen LogP contribution in [-0.4, -0.2) is 29.1 Å². The zero-order valence-electron chi connectivity index (χ0n) is 10.7. The number of hydrogen-bond acceptors (Lipinski definition) is 5. The lowest BCUT2D eigenvalue weighted by Gasteiger charge is -2.40. The third-order valence-electron chi connectivity index (χ3n) is 3.62. The summed E-state index contributed by atoms with van der Waals surface area (Å²) in [5, 5.41) is 6.66. The number of nitrogens with one attached hydrogen (secondary N) is 1. The summed E-state index contributed by atoms with van der Waals surface area (Å²) < 4.78 is 4.86. The van der Waals surface area contributed by atoms with E-state index in [0.717, 1.165) is 12.8 Å². The second-order valence-corrected chi connectivity index (χ2v) is 5.06. The van der Waals surface area contributed by atoms with E-state index in [2.05, 4.69) is 15.5 Å². The van der Waals surface area contributed by atoms with Crippen LogP contribution in [0, 0.1) is 12.3 Å². The number of carbonyl (C=O) groups excluding carboxylic acids is 1. The molecular formula is C12H20N4O2. The van der Waals surface area contributed by atoms with Crippen molar-refractivity contribution in [2.45, 2.75) is 39.0 Å². The van der Waals surface area contributed by atoms with Gasteiger partial charge in [0.05, 0.1) is 0 Å². The maximum absolute atomic E-state index is 11.8. The topological polar surface area (TPSA) is 94.0 Å². The first kappa shape index (κ1) is 13.0. The molecule has 1 fully saturated rings. The highest BCUT2D eigenvalue weighted by atomic mass is 16.5. The van der Waals surface area contributed by atoms with Crippen LogP contribution in [0.25, 0.3) is 0 Å². The average Bonchev–Trinajstić information content (AvgIpc) is 2.70. The molecule has 0 radical (unpaired) electrons. The van der Waals surface area contributed by atoms with Gasteiger partial charge in [0, 0.05) is 26.3 Å². The molecule has 6 heteroatoms. The molecule has 1 aliphatic rings. The summed E-state index contributed by atoms with van der Waals surface area (Å²) in [5.41, 5.74) is 5.79. The van der Waals surface area contributed by atoms with Crippen LogP contribution in [-0.2, 0) is 11.2 Å². The van der Waals surface area contributed by atoms with Crippen LogP contribution >= 0.6 is 0 Å². The summed E-state index contributed by atoms with van der Waals surface area (Å²) in [6.07, 6.45) is 4.46. The predicted molar refractivity (Wildman–Crippen MR) is 65.7 cm³/mol. The minimum atomic E-state index is 0.0623. The predicted octanol–water partition coefficient (Wildman–Crippen LogP) is 0.556. The van der Waals surface area contributed by atoms with Crippen molar-refractivity contribution >= 4 is 5.91 Å². The van der Waals surface area contributed by atoms with Crippen LogP contribution < -0.4 is 11.1 Å². The Kier molecular flexibility index (Phi) is 3.96. The fourth-order valence-corrected chi connectivity index (χ4v) is 2.29. The highest BCUT2D eigenvalue weighted by Gasteiger charge is 2.37. The molecular weight excluding hydrogens is 232 g/mol. The van der Waals surface area contributed by atoms with Gasteiger partial charge in [0.25, 0.3) is 0 Å². The summed E-state index contributed by atoms with van der Waals surface area (Å²) in [5.74, 6) is 1.25. The summed E-state index contributed by atoms with van der Waals surface area (Å²) in [7, 11) is 0. The number of aryl methyl sites for hydroxylation is 1.